The molecule has 2 aromatic carbocycles. The van der Waals surface area contributed by atoms with Gasteiger partial charge in [-0.3, -0.25) is 14.4 Å². The summed E-state index contributed by atoms with van der Waals surface area (Å²) in [6.45, 7) is 1.99. The highest BCUT2D eigenvalue weighted by Gasteiger charge is 2.30. The molecule has 1 fully saturated rings. The number of benzene rings is 1. The molecule has 1 aliphatic carbocycles. The fourth-order valence-corrected chi connectivity index (χ4v) is 7.55. The van der Waals surface area contributed by atoms with Gasteiger partial charge in [0.2, 0.25) is 23.0 Å². The van der Waals surface area contributed by atoms with Crippen LogP contribution in [-0.2, 0) is 25.8 Å². The molecule has 1 heterocycles. The van der Waals surface area contributed by atoms with E-state index in [4.69, 9.17) is 14.2 Å². The fraction of sp³-hybridized carbons (Fsp3) is 0.516. The van der Waals surface area contributed by atoms with Gasteiger partial charge in [-0.1, -0.05) is 12.5 Å². The van der Waals surface area contributed by atoms with E-state index >= 15 is 0 Å². The molecule has 11 nitrogen and oxygen atoms in total. The SMILES string of the molecule is COc1cc2c(c(OC)c1OC)-c1ccc(NCCCCCC(=O)NC3CCS(=O)(=O)C3)c(=O)cc1[C@H](NC(C)=O)CC2. The summed E-state index contributed by atoms with van der Waals surface area (Å²) in [5.41, 5.74) is 3.42. The van der Waals surface area contributed by atoms with Crippen molar-refractivity contribution in [3.05, 3.63) is 45.6 Å². The lowest BCUT2D eigenvalue weighted by atomic mass is 9.95. The molecule has 3 N–H and O–H groups in total. The van der Waals surface area contributed by atoms with Crippen molar-refractivity contribution in [2.75, 3.05) is 44.7 Å². The van der Waals surface area contributed by atoms with Gasteiger partial charge in [0, 0.05) is 31.5 Å². The van der Waals surface area contributed by atoms with Crippen molar-refractivity contribution in [1.82, 2.24) is 10.6 Å². The number of hydrogen-bond donors (Lipinski definition) is 3. The van der Waals surface area contributed by atoms with Crippen molar-refractivity contribution < 1.29 is 32.2 Å². The molecule has 0 radical (unpaired) electrons. The number of unbranched alkanes of at least 4 members (excludes halogenated alkanes) is 2. The van der Waals surface area contributed by atoms with Crippen molar-refractivity contribution in [3.8, 4) is 28.4 Å². The van der Waals surface area contributed by atoms with E-state index in [0.29, 0.717) is 67.1 Å². The van der Waals surface area contributed by atoms with Crippen LogP contribution in [0.4, 0.5) is 5.69 Å². The average molecular weight is 616 g/mol. The first-order chi connectivity index (χ1) is 20.6. The van der Waals surface area contributed by atoms with E-state index in [-0.39, 0.29) is 40.8 Å². The second-order valence-electron chi connectivity index (χ2n) is 11.0. The normalized spacial score (nSPS) is 18.4. The zero-order chi connectivity index (χ0) is 31.1. The molecule has 1 unspecified atom stereocenters. The number of hydrogen-bond acceptors (Lipinski definition) is 9. The lowest BCUT2D eigenvalue weighted by molar-refractivity contribution is -0.122. The Morgan fingerprint density at radius 2 is 1.72 bits per heavy atom. The highest BCUT2D eigenvalue weighted by Crippen LogP contribution is 2.50. The molecular formula is C31H41N3O8S. The second-order valence-corrected chi connectivity index (χ2v) is 13.2. The Kier molecular flexibility index (Phi) is 10.5. The number of rotatable bonds is 12. The van der Waals surface area contributed by atoms with Gasteiger partial charge in [0.15, 0.2) is 21.3 Å². The highest BCUT2D eigenvalue weighted by molar-refractivity contribution is 7.91. The zero-order valence-corrected chi connectivity index (χ0v) is 26.0. The molecule has 0 saturated carbocycles. The number of nitrogens with one attached hydrogen (secondary N) is 3. The van der Waals surface area contributed by atoms with Crippen molar-refractivity contribution in [2.24, 2.45) is 0 Å². The Labute approximate surface area is 252 Å². The Morgan fingerprint density at radius 1 is 0.953 bits per heavy atom. The third-order valence-electron chi connectivity index (χ3n) is 7.91. The standard InChI is InChI=1S/C31H41N3O8S/c1-19(35)33-24-11-9-20-16-27(40-2)30(41-3)31(42-4)29(20)22-10-12-25(26(36)17-23(22)24)32-14-7-5-6-8-28(37)34-21-13-15-43(38,39)18-21/h10,12,16-17,21,24H,5-9,11,13-15,18H2,1-4H3,(H,32,36)(H,33,35)(H,34,37)/t21?,24-/m1/s1. The highest BCUT2D eigenvalue weighted by atomic mass is 32.2. The quantitative estimate of drug-likeness (QED) is 0.306. The van der Waals surface area contributed by atoms with E-state index in [0.717, 1.165) is 29.5 Å². The molecule has 2 aromatic rings. The number of aryl methyl sites for hydroxylation is 1. The average Bonchev–Trinajstić information content (AvgIpc) is 3.13. The smallest absolute Gasteiger partial charge is 0.220 e. The van der Waals surface area contributed by atoms with Gasteiger partial charge in [-0.2, -0.15) is 0 Å². The Morgan fingerprint density at radius 3 is 2.37 bits per heavy atom. The summed E-state index contributed by atoms with van der Waals surface area (Å²) in [5, 5.41) is 9.05. The Balaban J connectivity index is 1.50. The summed E-state index contributed by atoms with van der Waals surface area (Å²) in [6, 6.07) is 6.45. The minimum atomic E-state index is -3.03. The van der Waals surface area contributed by atoms with Crippen LogP contribution in [0.5, 0.6) is 17.2 Å². The van der Waals surface area contributed by atoms with Crippen LogP contribution in [0, 0.1) is 0 Å². The number of methoxy groups -OCH3 is 3. The summed E-state index contributed by atoms with van der Waals surface area (Å²) < 4.78 is 40.2. The number of anilines is 1. The van der Waals surface area contributed by atoms with Crippen molar-refractivity contribution in [3.63, 3.8) is 0 Å². The number of sulfone groups is 1. The second kappa shape index (κ2) is 14.1. The topological polar surface area (TPSA) is 149 Å². The van der Waals surface area contributed by atoms with E-state index in [1.165, 1.54) is 6.92 Å². The molecular weight excluding hydrogens is 574 g/mol. The van der Waals surface area contributed by atoms with E-state index in [1.807, 2.05) is 12.1 Å². The van der Waals surface area contributed by atoms with Gasteiger partial charge < -0.3 is 30.2 Å². The van der Waals surface area contributed by atoms with Crippen molar-refractivity contribution >= 4 is 27.3 Å². The molecule has 1 saturated heterocycles. The first kappa shape index (κ1) is 32.1. The third-order valence-corrected chi connectivity index (χ3v) is 9.68. The first-order valence-electron chi connectivity index (χ1n) is 14.6. The van der Waals surface area contributed by atoms with Gasteiger partial charge in [0.25, 0.3) is 0 Å². The fourth-order valence-electron chi connectivity index (χ4n) is 5.87. The summed E-state index contributed by atoms with van der Waals surface area (Å²) in [5.74, 6) is 1.30. The molecule has 1 aliphatic heterocycles. The minimum Gasteiger partial charge on any atom is -0.493 e. The molecule has 2 amide bonds. The number of amides is 2. The summed E-state index contributed by atoms with van der Waals surface area (Å²) in [7, 11) is 1.64. The summed E-state index contributed by atoms with van der Waals surface area (Å²) >= 11 is 0. The predicted molar refractivity (Wildman–Crippen MR) is 165 cm³/mol. The molecule has 0 aromatic heterocycles. The van der Waals surface area contributed by atoms with Crippen LogP contribution in [0.2, 0.25) is 0 Å². The largest absolute Gasteiger partial charge is 0.493 e. The molecule has 2 atom stereocenters. The van der Waals surface area contributed by atoms with Gasteiger partial charge in [-0.15, -0.1) is 0 Å². The van der Waals surface area contributed by atoms with Gasteiger partial charge in [0.1, 0.15) is 0 Å². The zero-order valence-electron chi connectivity index (χ0n) is 25.2. The van der Waals surface area contributed by atoms with Crippen LogP contribution < -0.4 is 35.6 Å². The van der Waals surface area contributed by atoms with Gasteiger partial charge >= 0.3 is 0 Å². The number of carbonyl (C=O) groups excluding carboxylic acids is 2. The van der Waals surface area contributed by atoms with Crippen LogP contribution in [0.1, 0.15) is 62.6 Å². The monoisotopic (exact) mass is 615 g/mol. The van der Waals surface area contributed by atoms with E-state index in [9.17, 15) is 22.8 Å². The lowest BCUT2D eigenvalue weighted by Crippen LogP contribution is -2.35. The third kappa shape index (κ3) is 7.78. The molecule has 2 aliphatic rings. The number of fused-ring (bicyclic) bond motifs is 3. The molecule has 0 bridgehead atoms. The van der Waals surface area contributed by atoms with Crippen molar-refractivity contribution in [1.29, 1.82) is 0 Å². The van der Waals surface area contributed by atoms with Gasteiger partial charge in [-0.25, -0.2) is 8.42 Å². The molecule has 12 heteroatoms. The maximum atomic E-state index is 13.4. The summed E-state index contributed by atoms with van der Waals surface area (Å²) in [6.07, 6.45) is 4.17. The van der Waals surface area contributed by atoms with Crippen LogP contribution in [-0.4, -0.2) is 65.7 Å². The molecule has 0 spiro atoms. The van der Waals surface area contributed by atoms with Crippen LogP contribution in [0.3, 0.4) is 0 Å². The minimum absolute atomic E-state index is 0.0176. The van der Waals surface area contributed by atoms with E-state index in [1.54, 1.807) is 33.5 Å². The van der Waals surface area contributed by atoms with Crippen LogP contribution in [0.25, 0.3) is 11.1 Å². The van der Waals surface area contributed by atoms with Crippen LogP contribution >= 0.6 is 0 Å². The number of carbonyl (C=O) groups is 2. The molecule has 4 rings (SSSR count). The van der Waals surface area contributed by atoms with Gasteiger partial charge in [0.05, 0.1) is 44.6 Å². The maximum absolute atomic E-state index is 13.4. The predicted octanol–water partition coefficient (Wildman–Crippen LogP) is 3.14. The lowest BCUT2D eigenvalue weighted by Gasteiger charge is -2.19. The number of ether oxygens (including phenoxy) is 3. The van der Waals surface area contributed by atoms with Crippen LogP contribution in [0.15, 0.2) is 29.1 Å². The van der Waals surface area contributed by atoms with E-state index < -0.39 is 9.84 Å². The Hall–Kier alpha value is -3.80. The summed E-state index contributed by atoms with van der Waals surface area (Å²) in [4.78, 5) is 37.7. The van der Waals surface area contributed by atoms with E-state index in [2.05, 4.69) is 16.0 Å². The molecule has 234 valence electrons. The first-order valence-corrected chi connectivity index (χ1v) is 16.4. The maximum Gasteiger partial charge on any atom is 0.220 e. The van der Waals surface area contributed by atoms with Gasteiger partial charge in [-0.05, 0) is 67.0 Å². The molecule has 43 heavy (non-hydrogen) atoms. The Bertz CT molecular complexity index is 1530. The van der Waals surface area contributed by atoms with Crippen molar-refractivity contribution in [2.45, 2.75) is 64.0 Å².